The maximum absolute atomic E-state index is 10.5. The normalized spacial score (nSPS) is 13.3. The van der Waals surface area contributed by atoms with Gasteiger partial charge in [0.2, 0.25) is 0 Å². The maximum atomic E-state index is 10.5. The molecule has 0 aliphatic carbocycles. The van der Waals surface area contributed by atoms with Gasteiger partial charge in [-0.2, -0.15) is 0 Å². The number of hydrogen-bond acceptors (Lipinski definition) is 2. The second-order valence-corrected chi connectivity index (χ2v) is 5.81. The minimum absolute atomic E-state index is 0.406. The molecule has 0 fully saturated rings. The van der Waals surface area contributed by atoms with E-state index in [0.717, 1.165) is 42.7 Å². The number of para-hydroxylation sites is 1. The van der Waals surface area contributed by atoms with E-state index in [-0.39, 0.29) is 0 Å². The SMILES string of the molecule is CCN(CC)CC[C@@H](O)c1ccc2c(c1)[nH]c1ccccc12. The molecule has 0 aliphatic heterocycles. The van der Waals surface area contributed by atoms with E-state index in [1.807, 2.05) is 6.07 Å². The van der Waals surface area contributed by atoms with E-state index in [2.05, 4.69) is 60.1 Å². The lowest BCUT2D eigenvalue weighted by Gasteiger charge is -2.20. The third-order valence-corrected chi connectivity index (χ3v) is 4.53. The molecular formula is C19H24N2O. The van der Waals surface area contributed by atoms with Crippen molar-refractivity contribution in [2.24, 2.45) is 0 Å². The molecule has 116 valence electrons. The average molecular weight is 296 g/mol. The molecule has 0 amide bonds. The topological polar surface area (TPSA) is 39.3 Å². The van der Waals surface area contributed by atoms with Crippen molar-refractivity contribution in [2.75, 3.05) is 19.6 Å². The van der Waals surface area contributed by atoms with Gasteiger partial charge in [-0.05, 0) is 37.2 Å². The highest BCUT2D eigenvalue weighted by atomic mass is 16.3. The van der Waals surface area contributed by atoms with E-state index in [9.17, 15) is 5.11 Å². The molecule has 0 spiro atoms. The maximum Gasteiger partial charge on any atom is 0.0803 e. The summed E-state index contributed by atoms with van der Waals surface area (Å²) in [4.78, 5) is 5.78. The third-order valence-electron chi connectivity index (χ3n) is 4.53. The molecule has 1 aromatic heterocycles. The standard InChI is InChI=1S/C19H24N2O/c1-3-21(4-2)12-11-19(22)14-9-10-16-15-7-5-6-8-17(15)20-18(16)13-14/h5-10,13,19-20,22H,3-4,11-12H2,1-2H3/t19-/m1/s1. The van der Waals surface area contributed by atoms with Gasteiger partial charge in [-0.25, -0.2) is 0 Å². The van der Waals surface area contributed by atoms with Crippen LogP contribution in [0.2, 0.25) is 0 Å². The second-order valence-electron chi connectivity index (χ2n) is 5.81. The van der Waals surface area contributed by atoms with E-state index in [0.29, 0.717) is 0 Å². The fraction of sp³-hybridized carbons (Fsp3) is 0.368. The summed E-state index contributed by atoms with van der Waals surface area (Å²) in [6.07, 6.45) is 0.365. The zero-order chi connectivity index (χ0) is 15.5. The summed E-state index contributed by atoms with van der Waals surface area (Å²) in [7, 11) is 0. The fourth-order valence-corrected chi connectivity index (χ4v) is 3.09. The largest absolute Gasteiger partial charge is 0.388 e. The molecule has 3 rings (SSSR count). The molecule has 2 N–H and O–H groups in total. The minimum atomic E-state index is -0.406. The highest BCUT2D eigenvalue weighted by Crippen LogP contribution is 2.28. The Morgan fingerprint density at radius 1 is 1.00 bits per heavy atom. The molecule has 3 heteroatoms. The number of aliphatic hydroxyl groups excluding tert-OH is 1. The van der Waals surface area contributed by atoms with E-state index in [1.165, 1.54) is 10.8 Å². The molecule has 22 heavy (non-hydrogen) atoms. The number of nitrogens with zero attached hydrogens (tertiary/aromatic N) is 1. The van der Waals surface area contributed by atoms with E-state index in [1.54, 1.807) is 0 Å². The van der Waals surface area contributed by atoms with Gasteiger partial charge < -0.3 is 15.0 Å². The fourth-order valence-electron chi connectivity index (χ4n) is 3.09. The van der Waals surface area contributed by atoms with Crippen LogP contribution in [0.15, 0.2) is 42.5 Å². The third kappa shape index (κ3) is 2.87. The van der Waals surface area contributed by atoms with Crippen LogP contribution in [0.4, 0.5) is 0 Å². The zero-order valence-electron chi connectivity index (χ0n) is 13.3. The predicted octanol–water partition coefficient (Wildman–Crippen LogP) is 4.09. The van der Waals surface area contributed by atoms with Crippen molar-refractivity contribution in [1.82, 2.24) is 9.88 Å². The van der Waals surface area contributed by atoms with Crippen molar-refractivity contribution in [2.45, 2.75) is 26.4 Å². The van der Waals surface area contributed by atoms with Gasteiger partial charge >= 0.3 is 0 Å². The summed E-state index contributed by atoms with van der Waals surface area (Å²) in [6.45, 7) is 7.31. The summed E-state index contributed by atoms with van der Waals surface area (Å²) >= 11 is 0. The van der Waals surface area contributed by atoms with E-state index in [4.69, 9.17) is 0 Å². The van der Waals surface area contributed by atoms with Crippen LogP contribution in [0.3, 0.4) is 0 Å². The quantitative estimate of drug-likeness (QED) is 0.719. The molecule has 0 saturated heterocycles. The number of aromatic amines is 1. The lowest BCUT2D eigenvalue weighted by atomic mass is 10.0. The highest BCUT2D eigenvalue weighted by molar-refractivity contribution is 6.07. The van der Waals surface area contributed by atoms with Crippen LogP contribution in [-0.2, 0) is 0 Å². The average Bonchev–Trinajstić information content (AvgIpc) is 2.93. The Bertz CT molecular complexity index is 758. The van der Waals surface area contributed by atoms with Gasteiger partial charge in [-0.3, -0.25) is 0 Å². The molecule has 2 aromatic carbocycles. The van der Waals surface area contributed by atoms with Crippen LogP contribution in [-0.4, -0.2) is 34.6 Å². The molecule has 0 radical (unpaired) electrons. The summed E-state index contributed by atoms with van der Waals surface area (Å²) < 4.78 is 0. The van der Waals surface area contributed by atoms with Gasteiger partial charge in [0.15, 0.2) is 0 Å². The molecule has 0 aliphatic rings. The lowest BCUT2D eigenvalue weighted by molar-refractivity contribution is 0.145. The Morgan fingerprint density at radius 3 is 2.50 bits per heavy atom. The number of fused-ring (bicyclic) bond motifs is 3. The molecule has 1 atom stereocenters. The van der Waals surface area contributed by atoms with E-state index < -0.39 is 6.10 Å². The van der Waals surface area contributed by atoms with Crippen LogP contribution >= 0.6 is 0 Å². The van der Waals surface area contributed by atoms with E-state index >= 15 is 0 Å². The number of aliphatic hydroxyl groups is 1. The monoisotopic (exact) mass is 296 g/mol. The van der Waals surface area contributed by atoms with Gasteiger partial charge in [-0.15, -0.1) is 0 Å². The zero-order valence-corrected chi connectivity index (χ0v) is 13.3. The Hall–Kier alpha value is -1.84. The van der Waals surface area contributed by atoms with Crippen LogP contribution in [0.25, 0.3) is 21.8 Å². The van der Waals surface area contributed by atoms with Crippen molar-refractivity contribution < 1.29 is 5.11 Å². The molecule has 0 unspecified atom stereocenters. The van der Waals surface area contributed by atoms with Gasteiger partial charge in [0, 0.05) is 28.4 Å². The molecule has 1 heterocycles. The van der Waals surface area contributed by atoms with Crippen LogP contribution < -0.4 is 0 Å². The lowest BCUT2D eigenvalue weighted by Crippen LogP contribution is -2.25. The number of rotatable bonds is 6. The Kier molecular flexibility index (Phi) is 4.46. The van der Waals surface area contributed by atoms with Gasteiger partial charge in [0.25, 0.3) is 0 Å². The van der Waals surface area contributed by atoms with Crippen molar-refractivity contribution in [1.29, 1.82) is 0 Å². The van der Waals surface area contributed by atoms with Gasteiger partial charge in [-0.1, -0.05) is 44.2 Å². The van der Waals surface area contributed by atoms with Crippen LogP contribution in [0.5, 0.6) is 0 Å². The molecule has 3 nitrogen and oxygen atoms in total. The Labute approximate surface area is 131 Å². The van der Waals surface area contributed by atoms with Gasteiger partial charge in [0.05, 0.1) is 6.10 Å². The van der Waals surface area contributed by atoms with Crippen molar-refractivity contribution in [3.63, 3.8) is 0 Å². The molecular weight excluding hydrogens is 272 g/mol. The molecule has 0 saturated carbocycles. The minimum Gasteiger partial charge on any atom is -0.388 e. The number of nitrogens with one attached hydrogen (secondary N) is 1. The van der Waals surface area contributed by atoms with Crippen LogP contribution in [0, 0.1) is 0 Å². The summed E-state index contributed by atoms with van der Waals surface area (Å²) in [5, 5.41) is 12.9. The van der Waals surface area contributed by atoms with Gasteiger partial charge in [0.1, 0.15) is 0 Å². The predicted molar refractivity (Wildman–Crippen MR) is 93.2 cm³/mol. The first kappa shape index (κ1) is 15.1. The first-order chi connectivity index (χ1) is 10.7. The van der Waals surface area contributed by atoms with Crippen molar-refractivity contribution in [3.8, 4) is 0 Å². The molecule has 0 bridgehead atoms. The Morgan fingerprint density at radius 2 is 1.73 bits per heavy atom. The summed E-state index contributed by atoms with van der Waals surface area (Å²) in [5.74, 6) is 0. The smallest absolute Gasteiger partial charge is 0.0803 e. The summed E-state index contributed by atoms with van der Waals surface area (Å²) in [5.41, 5.74) is 3.24. The number of aromatic nitrogens is 1. The first-order valence-electron chi connectivity index (χ1n) is 8.13. The molecule has 3 aromatic rings. The van der Waals surface area contributed by atoms with Crippen LogP contribution in [0.1, 0.15) is 31.9 Å². The Balaban J connectivity index is 1.83. The first-order valence-corrected chi connectivity index (χ1v) is 8.13. The number of hydrogen-bond donors (Lipinski definition) is 2. The summed E-state index contributed by atoms with van der Waals surface area (Å²) in [6, 6.07) is 14.6. The van der Waals surface area contributed by atoms with Crippen molar-refractivity contribution >= 4 is 21.8 Å². The number of benzene rings is 2. The highest BCUT2D eigenvalue weighted by Gasteiger charge is 2.11. The van der Waals surface area contributed by atoms with Crippen molar-refractivity contribution in [3.05, 3.63) is 48.0 Å². The second kappa shape index (κ2) is 6.51. The number of H-pyrrole nitrogens is 1.